The lowest BCUT2D eigenvalue weighted by atomic mass is 9.95. The molecule has 0 spiro atoms. The van der Waals surface area contributed by atoms with Crippen molar-refractivity contribution in [3.05, 3.63) is 176 Å². The van der Waals surface area contributed by atoms with Gasteiger partial charge >= 0.3 is 0 Å². The van der Waals surface area contributed by atoms with Gasteiger partial charge in [-0.25, -0.2) is 0 Å². The van der Waals surface area contributed by atoms with Crippen molar-refractivity contribution in [2.45, 2.75) is 0 Å². The summed E-state index contributed by atoms with van der Waals surface area (Å²) in [7, 11) is 0. The van der Waals surface area contributed by atoms with E-state index in [4.69, 9.17) is 8.83 Å². The second-order valence-electron chi connectivity index (χ2n) is 12.5. The van der Waals surface area contributed by atoms with Crippen molar-refractivity contribution in [2.75, 3.05) is 4.90 Å². The van der Waals surface area contributed by atoms with Crippen molar-refractivity contribution < 1.29 is 8.83 Å². The molecule has 0 radical (unpaired) electrons. The van der Waals surface area contributed by atoms with Crippen LogP contribution in [-0.4, -0.2) is 0 Å². The quantitative estimate of drug-likeness (QED) is 0.190. The van der Waals surface area contributed by atoms with E-state index in [0.717, 1.165) is 83.2 Å². The summed E-state index contributed by atoms with van der Waals surface area (Å²) in [4.78, 5) is 2.42. The molecule has 8 aromatic carbocycles. The first kappa shape index (κ1) is 27.5. The Kier molecular flexibility index (Phi) is 6.18. The average Bonchev–Trinajstić information content (AvgIpc) is 3.73. The fourth-order valence-electron chi connectivity index (χ4n) is 7.49. The molecule has 0 saturated carbocycles. The van der Waals surface area contributed by atoms with Gasteiger partial charge in [-0.15, -0.1) is 0 Å². The maximum absolute atomic E-state index is 6.54. The second-order valence-corrected chi connectivity index (χ2v) is 12.5. The summed E-state index contributed by atoms with van der Waals surface area (Å²) in [5.74, 6) is 0. The van der Waals surface area contributed by atoms with E-state index >= 15 is 0 Å². The molecule has 0 saturated heterocycles. The zero-order valence-electron chi connectivity index (χ0n) is 26.5. The second kappa shape index (κ2) is 11.0. The first-order valence-electron chi connectivity index (χ1n) is 16.6. The molecular weight excluding hydrogens is 599 g/mol. The van der Waals surface area contributed by atoms with E-state index < -0.39 is 0 Å². The van der Waals surface area contributed by atoms with Crippen molar-refractivity contribution in [1.82, 2.24) is 0 Å². The molecular formula is C46H29NO2. The first-order chi connectivity index (χ1) is 24.3. The minimum absolute atomic E-state index is 0.855. The van der Waals surface area contributed by atoms with Crippen molar-refractivity contribution in [1.29, 1.82) is 0 Å². The molecule has 230 valence electrons. The highest BCUT2D eigenvalue weighted by atomic mass is 16.3. The summed E-state index contributed by atoms with van der Waals surface area (Å²) in [6, 6.07) is 62.0. The van der Waals surface area contributed by atoms with E-state index in [-0.39, 0.29) is 0 Å². The number of hydrogen-bond donors (Lipinski definition) is 0. The van der Waals surface area contributed by atoms with Gasteiger partial charge < -0.3 is 13.7 Å². The number of furan rings is 2. The lowest BCUT2D eigenvalue weighted by Gasteiger charge is -2.30. The van der Waals surface area contributed by atoms with E-state index in [1.165, 1.54) is 10.8 Å². The topological polar surface area (TPSA) is 29.5 Å². The van der Waals surface area contributed by atoms with Gasteiger partial charge in [-0.2, -0.15) is 0 Å². The van der Waals surface area contributed by atoms with Gasteiger partial charge in [-0.1, -0.05) is 127 Å². The Hall–Kier alpha value is -6.58. The number of nitrogens with zero attached hydrogens (tertiary/aromatic N) is 1. The van der Waals surface area contributed by atoms with Crippen molar-refractivity contribution in [2.24, 2.45) is 0 Å². The summed E-state index contributed by atoms with van der Waals surface area (Å²) >= 11 is 0. The normalized spacial score (nSPS) is 11.7. The predicted octanol–water partition coefficient (Wildman–Crippen LogP) is 13.4. The van der Waals surface area contributed by atoms with Gasteiger partial charge in [0.15, 0.2) is 0 Å². The first-order valence-corrected chi connectivity index (χ1v) is 16.6. The Morgan fingerprint density at radius 1 is 0.327 bits per heavy atom. The molecule has 0 bridgehead atoms. The number of anilines is 3. The molecule has 0 aliphatic rings. The minimum Gasteiger partial charge on any atom is -0.456 e. The molecule has 0 atom stereocenters. The highest BCUT2D eigenvalue weighted by Crippen LogP contribution is 2.49. The summed E-state index contributed by atoms with van der Waals surface area (Å²) in [6.07, 6.45) is 0. The Balaban J connectivity index is 1.30. The van der Waals surface area contributed by atoms with Gasteiger partial charge in [0.2, 0.25) is 0 Å². The number of rotatable bonds is 5. The molecule has 2 aromatic heterocycles. The number of fused-ring (bicyclic) bond motifs is 7. The van der Waals surface area contributed by atoms with E-state index in [9.17, 15) is 0 Å². The number of para-hydroxylation sites is 3. The van der Waals surface area contributed by atoms with Crippen LogP contribution in [0.15, 0.2) is 185 Å². The molecule has 10 rings (SSSR count). The van der Waals surface area contributed by atoms with Crippen LogP contribution in [-0.2, 0) is 0 Å². The molecule has 49 heavy (non-hydrogen) atoms. The Morgan fingerprint density at radius 2 is 0.878 bits per heavy atom. The third-order valence-corrected chi connectivity index (χ3v) is 9.65. The lowest BCUT2D eigenvalue weighted by molar-refractivity contribution is 0.669. The molecule has 2 heterocycles. The van der Waals surface area contributed by atoms with E-state index in [0.29, 0.717) is 0 Å². The van der Waals surface area contributed by atoms with E-state index in [2.05, 4.69) is 169 Å². The molecule has 0 unspecified atom stereocenters. The number of hydrogen-bond acceptors (Lipinski definition) is 3. The maximum Gasteiger partial charge on any atom is 0.137 e. The molecule has 0 N–H and O–H groups in total. The fraction of sp³-hybridized carbons (Fsp3) is 0. The van der Waals surface area contributed by atoms with Crippen LogP contribution in [0.2, 0.25) is 0 Å². The van der Waals surface area contributed by atoms with Crippen LogP contribution in [0.5, 0.6) is 0 Å². The van der Waals surface area contributed by atoms with E-state index in [1.54, 1.807) is 0 Å². The molecule has 0 aliphatic heterocycles. The van der Waals surface area contributed by atoms with Gasteiger partial charge in [-0.3, -0.25) is 0 Å². The average molecular weight is 628 g/mol. The zero-order valence-corrected chi connectivity index (χ0v) is 26.5. The Bertz CT molecular complexity index is 2840. The lowest BCUT2D eigenvalue weighted by Crippen LogP contribution is -2.12. The van der Waals surface area contributed by atoms with E-state index in [1.807, 2.05) is 12.1 Å². The fourth-order valence-corrected chi connectivity index (χ4v) is 7.49. The van der Waals surface area contributed by atoms with Crippen LogP contribution < -0.4 is 4.90 Å². The van der Waals surface area contributed by atoms with Gasteiger partial charge in [-0.05, 0) is 70.4 Å². The van der Waals surface area contributed by atoms with Crippen molar-refractivity contribution in [3.8, 4) is 22.3 Å². The summed E-state index contributed by atoms with van der Waals surface area (Å²) < 4.78 is 13.0. The number of benzene rings is 8. The highest BCUT2D eigenvalue weighted by molar-refractivity contribution is 6.18. The maximum atomic E-state index is 6.54. The van der Waals surface area contributed by atoms with Crippen LogP contribution in [0, 0.1) is 0 Å². The van der Waals surface area contributed by atoms with Gasteiger partial charge in [0.05, 0.1) is 22.4 Å². The summed E-state index contributed by atoms with van der Waals surface area (Å²) in [5, 5.41) is 6.74. The monoisotopic (exact) mass is 627 g/mol. The summed E-state index contributed by atoms with van der Waals surface area (Å²) in [6.45, 7) is 0. The van der Waals surface area contributed by atoms with Crippen LogP contribution >= 0.6 is 0 Å². The van der Waals surface area contributed by atoms with Crippen LogP contribution in [0.4, 0.5) is 17.1 Å². The third-order valence-electron chi connectivity index (χ3n) is 9.65. The smallest absolute Gasteiger partial charge is 0.137 e. The zero-order chi connectivity index (χ0) is 32.3. The van der Waals surface area contributed by atoms with Crippen molar-refractivity contribution in [3.63, 3.8) is 0 Å². The largest absolute Gasteiger partial charge is 0.456 e. The minimum atomic E-state index is 0.855. The Morgan fingerprint density at radius 3 is 1.71 bits per heavy atom. The molecule has 3 nitrogen and oxygen atoms in total. The molecule has 0 aliphatic carbocycles. The molecule has 0 fully saturated rings. The highest BCUT2D eigenvalue weighted by Gasteiger charge is 2.25. The molecule has 0 amide bonds. The molecule has 10 aromatic rings. The van der Waals surface area contributed by atoms with Crippen LogP contribution in [0.3, 0.4) is 0 Å². The standard InChI is InChI=1S/C46H29NO2/c1-2-14-30(15-3-1)33-18-6-9-22-38(33)47(40-24-13-27-43-46(40)36-20-8-11-25-41(36)48-43)39-23-10-7-19-34(39)35-21-12-26-42-45(35)37-28-31-16-4-5-17-32(31)29-44(37)49-42/h1-29H. The third kappa shape index (κ3) is 4.37. The van der Waals surface area contributed by atoms with Gasteiger partial charge in [0, 0.05) is 27.3 Å². The van der Waals surface area contributed by atoms with Crippen molar-refractivity contribution >= 4 is 71.7 Å². The van der Waals surface area contributed by atoms with Crippen LogP contribution in [0.25, 0.3) is 76.9 Å². The van der Waals surface area contributed by atoms with Gasteiger partial charge in [0.1, 0.15) is 22.3 Å². The Labute approximate surface area is 282 Å². The molecule has 3 heteroatoms. The SMILES string of the molecule is c1ccc(-c2ccccc2N(c2ccccc2-c2cccc3oc4cc5ccccc5cc4c23)c2cccc3oc4ccccc4c23)cc1. The summed E-state index contributed by atoms with van der Waals surface area (Å²) in [5.41, 5.74) is 11.2. The van der Waals surface area contributed by atoms with Crippen LogP contribution in [0.1, 0.15) is 0 Å². The predicted molar refractivity (Wildman–Crippen MR) is 204 cm³/mol. The van der Waals surface area contributed by atoms with Gasteiger partial charge in [0.25, 0.3) is 0 Å².